The highest BCUT2D eigenvalue weighted by Crippen LogP contribution is 2.30. The second-order valence-corrected chi connectivity index (χ2v) is 5.88. The van der Waals surface area contributed by atoms with Gasteiger partial charge in [0.25, 0.3) is 5.91 Å². The van der Waals surface area contributed by atoms with Gasteiger partial charge in [0, 0.05) is 21.6 Å². The molecule has 122 valence electrons. The first-order valence-electron chi connectivity index (χ1n) is 6.88. The summed E-state index contributed by atoms with van der Waals surface area (Å²) in [6, 6.07) is 11.1. The van der Waals surface area contributed by atoms with Crippen molar-refractivity contribution in [1.82, 2.24) is 4.98 Å². The van der Waals surface area contributed by atoms with Crippen LogP contribution in [0.5, 0.6) is 0 Å². The van der Waals surface area contributed by atoms with Crippen LogP contribution in [0.25, 0.3) is 10.9 Å². The Kier molecular flexibility index (Phi) is 4.28. The van der Waals surface area contributed by atoms with Crippen molar-refractivity contribution in [3.05, 3.63) is 70.3 Å². The molecule has 3 nitrogen and oxygen atoms in total. The summed E-state index contributed by atoms with van der Waals surface area (Å²) < 4.78 is 38.5. The number of fused-ring (bicyclic) bond motifs is 1. The first-order chi connectivity index (χ1) is 11.4. The van der Waals surface area contributed by atoms with Crippen LogP contribution in [-0.4, -0.2) is 10.9 Å². The van der Waals surface area contributed by atoms with Crippen molar-refractivity contribution in [1.29, 1.82) is 0 Å². The average Bonchev–Trinajstić information content (AvgIpc) is 2.57. The van der Waals surface area contributed by atoms with Gasteiger partial charge in [-0.1, -0.05) is 22.0 Å². The maximum atomic E-state index is 12.6. The molecule has 0 unspecified atom stereocenters. The minimum atomic E-state index is -4.43. The molecule has 2 aromatic carbocycles. The van der Waals surface area contributed by atoms with Crippen molar-refractivity contribution < 1.29 is 18.0 Å². The summed E-state index contributed by atoms with van der Waals surface area (Å²) in [5.41, 5.74) is 0.413. The normalized spacial score (nSPS) is 11.5. The molecule has 0 bridgehead atoms. The van der Waals surface area contributed by atoms with Crippen molar-refractivity contribution in [3.8, 4) is 0 Å². The van der Waals surface area contributed by atoms with Crippen molar-refractivity contribution in [2.75, 3.05) is 5.32 Å². The summed E-state index contributed by atoms with van der Waals surface area (Å²) in [5, 5.41) is 3.51. The van der Waals surface area contributed by atoms with E-state index < -0.39 is 17.6 Å². The number of rotatable bonds is 2. The molecule has 1 heterocycles. The minimum absolute atomic E-state index is 0.134. The van der Waals surface area contributed by atoms with Gasteiger partial charge in [-0.3, -0.25) is 9.78 Å². The Hall–Kier alpha value is -2.41. The Balaban J connectivity index is 1.89. The fourth-order valence-corrected chi connectivity index (χ4v) is 2.70. The molecule has 3 aromatic rings. The number of alkyl halides is 3. The number of anilines is 1. The van der Waals surface area contributed by atoms with E-state index >= 15 is 0 Å². The van der Waals surface area contributed by atoms with Gasteiger partial charge in [-0.2, -0.15) is 13.2 Å². The van der Waals surface area contributed by atoms with Crippen LogP contribution in [0.3, 0.4) is 0 Å². The minimum Gasteiger partial charge on any atom is -0.320 e. The second kappa shape index (κ2) is 6.24. The van der Waals surface area contributed by atoms with E-state index in [9.17, 15) is 18.0 Å². The number of nitrogens with zero attached hydrogens (tertiary/aromatic N) is 1. The Morgan fingerprint density at radius 3 is 2.42 bits per heavy atom. The Morgan fingerprint density at radius 1 is 1.04 bits per heavy atom. The lowest BCUT2D eigenvalue weighted by Crippen LogP contribution is -2.13. The molecule has 0 atom stereocenters. The van der Waals surface area contributed by atoms with Gasteiger partial charge in [-0.15, -0.1) is 0 Å². The Labute approximate surface area is 143 Å². The smallest absolute Gasteiger partial charge is 0.320 e. The zero-order valence-electron chi connectivity index (χ0n) is 12.1. The van der Waals surface area contributed by atoms with Crippen LogP contribution in [-0.2, 0) is 6.18 Å². The SMILES string of the molecule is O=C(Nc1ccc(Br)c2cccnc12)c1ccc(C(F)(F)F)cc1. The zero-order chi connectivity index (χ0) is 17.3. The molecule has 0 aliphatic carbocycles. The van der Waals surface area contributed by atoms with Crippen LogP contribution in [0.1, 0.15) is 15.9 Å². The molecule has 0 aliphatic heterocycles. The van der Waals surface area contributed by atoms with Crippen molar-refractivity contribution in [2.24, 2.45) is 0 Å². The molecule has 0 radical (unpaired) electrons. The van der Waals surface area contributed by atoms with Crippen LogP contribution in [0.15, 0.2) is 59.2 Å². The van der Waals surface area contributed by atoms with Gasteiger partial charge in [-0.25, -0.2) is 0 Å². The van der Waals surface area contributed by atoms with Crippen molar-refractivity contribution >= 4 is 38.4 Å². The average molecular weight is 395 g/mol. The van der Waals surface area contributed by atoms with E-state index in [1.807, 2.05) is 6.07 Å². The molecule has 0 saturated carbocycles. The fourth-order valence-electron chi connectivity index (χ4n) is 2.24. The number of amides is 1. The number of halogens is 4. The summed E-state index contributed by atoms with van der Waals surface area (Å²) in [5.74, 6) is -0.502. The summed E-state index contributed by atoms with van der Waals surface area (Å²) in [4.78, 5) is 16.5. The standard InChI is InChI=1S/C17H10BrF3N2O/c18-13-7-8-14(15-12(13)2-1-9-22-15)23-16(24)10-3-5-11(6-4-10)17(19,20)21/h1-9H,(H,23,24). The van der Waals surface area contributed by atoms with Crippen LogP contribution in [0, 0.1) is 0 Å². The summed E-state index contributed by atoms with van der Waals surface area (Å²) in [7, 11) is 0. The van der Waals surface area contributed by atoms with Crippen LogP contribution in [0.4, 0.5) is 18.9 Å². The van der Waals surface area contributed by atoms with E-state index in [1.54, 1.807) is 24.4 Å². The molecular formula is C17H10BrF3N2O. The van der Waals surface area contributed by atoms with E-state index in [2.05, 4.69) is 26.2 Å². The molecule has 0 aliphatic rings. The lowest BCUT2D eigenvalue weighted by molar-refractivity contribution is -0.137. The number of pyridine rings is 1. The van der Waals surface area contributed by atoms with E-state index in [-0.39, 0.29) is 5.56 Å². The largest absolute Gasteiger partial charge is 0.416 e. The molecular weight excluding hydrogens is 385 g/mol. The Bertz CT molecular complexity index is 908. The molecule has 0 fully saturated rings. The highest BCUT2D eigenvalue weighted by molar-refractivity contribution is 9.10. The third-order valence-electron chi connectivity index (χ3n) is 3.44. The predicted molar refractivity (Wildman–Crippen MR) is 88.8 cm³/mol. The van der Waals surface area contributed by atoms with E-state index in [0.29, 0.717) is 11.2 Å². The third kappa shape index (κ3) is 3.26. The lowest BCUT2D eigenvalue weighted by Gasteiger charge is -2.10. The summed E-state index contributed by atoms with van der Waals surface area (Å²) >= 11 is 3.41. The maximum Gasteiger partial charge on any atom is 0.416 e. The lowest BCUT2D eigenvalue weighted by atomic mass is 10.1. The monoisotopic (exact) mass is 394 g/mol. The van der Waals surface area contributed by atoms with Gasteiger partial charge in [0.15, 0.2) is 0 Å². The highest BCUT2D eigenvalue weighted by Gasteiger charge is 2.30. The summed E-state index contributed by atoms with van der Waals surface area (Å²) in [6.07, 6.45) is -2.83. The number of carbonyl (C=O) groups excluding carboxylic acids is 1. The van der Waals surface area contributed by atoms with Gasteiger partial charge >= 0.3 is 6.18 Å². The van der Waals surface area contributed by atoms with Gasteiger partial charge in [0.05, 0.1) is 16.8 Å². The van der Waals surface area contributed by atoms with Gasteiger partial charge < -0.3 is 5.32 Å². The molecule has 0 spiro atoms. The molecule has 24 heavy (non-hydrogen) atoms. The quantitative estimate of drug-likeness (QED) is 0.643. The first kappa shape index (κ1) is 16.4. The van der Waals surface area contributed by atoms with Crippen molar-refractivity contribution in [3.63, 3.8) is 0 Å². The Morgan fingerprint density at radius 2 is 1.75 bits per heavy atom. The van der Waals surface area contributed by atoms with Crippen LogP contribution in [0.2, 0.25) is 0 Å². The number of hydrogen-bond acceptors (Lipinski definition) is 2. The fraction of sp³-hybridized carbons (Fsp3) is 0.0588. The second-order valence-electron chi connectivity index (χ2n) is 5.02. The van der Waals surface area contributed by atoms with E-state index in [0.717, 1.165) is 34.1 Å². The van der Waals surface area contributed by atoms with E-state index in [1.165, 1.54) is 0 Å². The van der Waals surface area contributed by atoms with Gasteiger partial charge in [0.2, 0.25) is 0 Å². The highest BCUT2D eigenvalue weighted by atomic mass is 79.9. The van der Waals surface area contributed by atoms with Crippen LogP contribution < -0.4 is 5.32 Å². The first-order valence-corrected chi connectivity index (χ1v) is 7.67. The van der Waals surface area contributed by atoms with Crippen LogP contribution >= 0.6 is 15.9 Å². The number of nitrogens with one attached hydrogen (secondary N) is 1. The van der Waals surface area contributed by atoms with Gasteiger partial charge in [-0.05, 0) is 42.5 Å². The molecule has 3 rings (SSSR count). The number of benzene rings is 2. The molecule has 1 N–H and O–H groups in total. The van der Waals surface area contributed by atoms with Crippen molar-refractivity contribution in [2.45, 2.75) is 6.18 Å². The number of aromatic nitrogens is 1. The van der Waals surface area contributed by atoms with E-state index in [4.69, 9.17) is 0 Å². The maximum absolute atomic E-state index is 12.6. The molecule has 1 aromatic heterocycles. The topological polar surface area (TPSA) is 42.0 Å². The molecule has 0 saturated heterocycles. The molecule has 1 amide bonds. The number of hydrogen-bond donors (Lipinski definition) is 1. The summed E-state index contributed by atoms with van der Waals surface area (Å²) in [6.45, 7) is 0. The predicted octanol–water partition coefficient (Wildman–Crippen LogP) is 5.27. The third-order valence-corrected chi connectivity index (χ3v) is 4.13. The molecule has 7 heteroatoms. The zero-order valence-corrected chi connectivity index (χ0v) is 13.6. The number of carbonyl (C=O) groups is 1. The van der Waals surface area contributed by atoms with Gasteiger partial charge in [0.1, 0.15) is 0 Å².